The van der Waals surface area contributed by atoms with Crippen LogP contribution in [-0.4, -0.2) is 45.0 Å². The lowest BCUT2D eigenvalue weighted by Crippen LogP contribution is -2.05. The Balaban J connectivity index is 1.77. The molecule has 0 fully saturated rings. The minimum absolute atomic E-state index is 0.240. The van der Waals surface area contributed by atoms with Gasteiger partial charge in [-0.25, -0.2) is 13.4 Å². The molecule has 0 amide bonds. The number of rotatable bonds is 10. The molecule has 0 bridgehead atoms. The van der Waals surface area contributed by atoms with E-state index in [-0.39, 0.29) is 4.90 Å². The van der Waals surface area contributed by atoms with Crippen molar-refractivity contribution in [3.8, 4) is 17.2 Å². The predicted octanol–water partition coefficient (Wildman–Crippen LogP) is 3.74. The summed E-state index contributed by atoms with van der Waals surface area (Å²) in [6.45, 7) is 1.10. The number of aromatic nitrogens is 2. The Hall–Kier alpha value is -2.49. The molecular weight excluding hydrogens is 412 g/mol. The molecule has 0 aliphatic carbocycles. The summed E-state index contributed by atoms with van der Waals surface area (Å²) in [6, 6.07) is 8.03. The molecule has 2 aromatic heterocycles. The first-order chi connectivity index (χ1) is 14.0. The quantitative estimate of drug-likeness (QED) is 0.449. The predicted molar refractivity (Wildman–Crippen MR) is 111 cm³/mol. The summed E-state index contributed by atoms with van der Waals surface area (Å²) in [4.78, 5) is 9.04. The van der Waals surface area contributed by atoms with Crippen molar-refractivity contribution in [3.05, 3.63) is 58.8 Å². The van der Waals surface area contributed by atoms with Crippen molar-refractivity contribution in [2.45, 2.75) is 17.7 Å². The lowest BCUT2D eigenvalue weighted by atomic mass is 10.2. The summed E-state index contributed by atoms with van der Waals surface area (Å²) >= 11 is 1.56. The smallest absolute Gasteiger partial charge is 0.175 e. The van der Waals surface area contributed by atoms with Crippen LogP contribution in [0.25, 0.3) is 0 Å². The Bertz CT molecular complexity index is 1020. The maximum Gasteiger partial charge on any atom is 0.175 e. The van der Waals surface area contributed by atoms with Crippen LogP contribution in [0, 0.1) is 0 Å². The molecule has 0 aliphatic rings. The second-order valence-corrected chi connectivity index (χ2v) is 9.25. The number of benzene rings is 1. The lowest BCUT2D eigenvalue weighted by Gasteiger charge is -2.13. The van der Waals surface area contributed by atoms with E-state index in [1.807, 2.05) is 5.38 Å². The summed E-state index contributed by atoms with van der Waals surface area (Å²) in [5, 5.41) is 2.87. The normalized spacial score (nSPS) is 11.4. The fourth-order valence-corrected chi connectivity index (χ4v) is 3.78. The van der Waals surface area contributed by atoms with E-state index in [0.717, 1.165) is 17.1 Å². The summed E-state index contributed by atoms with van der Waals surface area (Å²) in [5.41, 5.74) is 0.775. The molecule has 0 unspecified atom stereocenters. The van der Waals surface area contributed by atoms with Gasteiger partial charge in [-0.2, -0.15) is 0 Å². The van der Waals surface area contributed by atoms with Crippen LogP contribution in [0.2, 0.25) is 0 Å². The highest BCUT2D eigenvalue weighted by molar-refractivity contribution is 7.90. The summed E-state index contributed by atoms with van der Waals surface area (Å²) < 4.78 is 40.0. The molecule has 0 saturated heterocycles. The number of hydrogen-bond donors (Lipinski definition) is 0. The van der Waals surface area contributed by atoms with Gasteiger partial charge in [-0.1, -0.05) is 0 Å². The minimum Gasteiger partial charge on any atom is -0.491 e. The third-order valence-electron chi connectivity index (χ3n) is 3.95. The highest BCUT2D eigenvalue weighted by Crippen LogP contribution is 2.29. The van der Waals surface area contributed by atoms with Crippen LogP contribution in [0.15, 0.2) is 53.0 Å². The van der Waals surface area contributed by atoms with Crippen LogP contribution >= 0.6 is 11.3 Å². The number of methoxy groups -OCH3 is 1. The van der Waals surface area contributed by atoms with Gasteiger partial charge in [0.1, 0.15) is 17.2 Å². The maximum atomic E-state index is 11.6. The number of nitrogens with zero attached hydrogens (tertiary/aromatic N) is 2. The number of hydrogen-bond acceptors (Lipinski definition) is 8. The Morgan fingerprint density at radius 2 is 1.86 bits per heavy atom. The van der Waals surface area contributed by atoms with Crippen LogP contribution in [0.4, 0.5) is 0 Å². The van der Waals surface area contributed by atoms with Gasteiger partial charge < -0.3 is 14.2 Å². The Labute approximate surface area is 174 Å². The fourth-order valence-electron chi connectivity index (χ4n) is 2.53. The van der Waals surface area contributed by atoms with Gasteiger partial charge in [-0.3, -0.25) is 4.98 Å². The molecule has 29 heavy (non-hydrogen) atoms. The first-order valence-corrected chi connectivity index (χ1v) is 11.7. The van der Waals surface area contributed by atoms with Gasteiger partial charge in [0.05, 0.1) is 28.4 Å². The minimum atomic E-state index is -3.25. The molecular formula is C20H22N2O5S2. The first-order valence-electron chi connectivity index (χ1n) is 8.92. The van der Waals surface area contributed by atoms with Gasteiger partial charge in [0, 0.05) is 50.5 Å². The molecule has 0 saturated carbocycles. The molecule has 0 radical (unpaired) electrons. The van der Waals surface area contributed by atoms with Gasteiger partial charge in [-0.15, -0.1) is 11.3 Å². The number of thiazole rings is 1. The lowest BCUT2D eigenvalue weighted by molar-refractivity contribution is 0.171. The molecule has 0 spiro atoms. The zero-order valence-electron chi connectivity index (χ0n) is 16.2. The zero-order valence-corrected chi connectivity index (χ0v) is 17.8. The van der Waals surface area contributed by atoms with Crippen LogP contribution in [-0.2, 0) is 21.0 Å². The van der Waals surface area contributed by atoms with Gasteiger partial charge in [-0.05, 0) is 24.3 Å². The van der Waals surface area contributed by atoms with E-state index in [1.165, 1.54) is 18.4 Å². The van der Waals surface area contributed by atoms with Gasteiger partial charge in [0.15, 0.2) is 9.84 Å². The molecule has 3 aromatic rings. The molecule has 2 heterocycles. The largest absolute Gasteiger partial charge is 0.491 e. The molecule has 154 valence electrons. The Kier molecular flexibility index (Phi) is 7.18. The van der Waals surface area contributed by atoms with Crippen molar-refractivity contribution in [3.63, 3.8) is 0 Å². The van der Waals surface area contributed by atoms with Crippen molar-refractivity contribution in [2.24, 2.45) is 0 Å². The third-order valence-corrected chi connectivity index (χ3v) is 5.85. The SMILES string of the molecule is COCCCOc1cc(Oc2ccc(S(C)(=O)=O)cc2)cnc1Cc1nccs1. The maximum absolute atomic E-state index is 11.6. The molecule has 0 N–H and O–H groups in total. The van der Waals surface area contributed by atoms with Crippen LogP contribution in [0.3, 0.4) is 0 Å². The Morgan fingerprint density at radius 1 is 1.07 bits per heavy atom. The molecule has 0 atom stereocenters. The average molecular weight is 435 g/mol. The van der Waals surface area contributed by atoms with Gasteiger partial charge >= 0.3 is 0 Å². The number of pyridine rings is 1. The average Bonchev–Trinajstić information content (AvgIpc) is 3.20. The van der Waals surface area contributed by atoms with Crippen LogP contribution < -0.4 is 9.47 Å². The van der Waals surface area contributed by atoms with Crippen molar-refractivity contribution < 1.29 is 22.6 Å². The van der Waals surface area contributed by atoms with E-state index in [9.17, 15) is 8.42 Å². The van der Waals surface area contributed by atoms with Crippen molar-refractivity contribution in [1.29, 1.82) is 0 Å². The van der Waals surface area contributed by atoms with Crippen molar-refractivity contribution in [1.82, 2.24) is 9.97 Å². The summed E-state index contributed by atoms with van der Waals surface area (Å²) in [5.74, 6) is 1.64. The number of sulfone groups is 1. The van der Waals surface area contributed by atoms with E-state index >= 15 is 0 Å². The Morgan fingerprint density at radius 3 is 2.52 bits per heavy atom. The van der Waals surface area contributed by atoms with Crippen LogP contribution in [0.5, 0.6) is 17.2 Å². The topological polar surface area (TPSA) is 87.6 Å². The fraction of sp³-hybridized carbons (Fsp3) is 0.300. The van der Waals surface area contributed by atoms with E-state index in [1.54, 1.807) is 49.0 Å². The summed E-state index contributed by atoms with van der Waals surface area (Å²) in [7, 11) is -1.60. The number of ether oxygens (including phenoxy) is 3. The molecule has 9 heteroatoms. The second kappa shape index (κ2) is 9.82. The highest BCUT2D eigenvalue weighted by Gasteiger charge is 2.12. The molecule has 7 nitrogen and oxygen atoms in total. The summed E-state index contributed by atoms with van der Waals surface area (Å²) in [6.07, 6.45) is 5.87. The van der Waals surface area contributed by atoms with Gasteiger partial charge in [0.25, 0.3) is 0 Å². The second-order valence-electron chi connectivity index (χ2n) is 6.26. The van der Waals surface area contributed by atoms with E-state index in [2.05, 4.69) is 9.97 Å². The van der Waals surface area contributed by atoms with E-state index < -0.39 is 9.84 Å². The van der Waals surface area contributed by atoms with Gasteiger partial charge in [0.2, 0.25) is 0 Å². The molecule has 3 rings (SSSR count). The highest BCUT2D eigenvalue weighted by atomic mass is 32.2. The van der Waals surface area contributed by atoms with E-state index in [0.29, 0.717) is 36.9 Å². The third kappa shape index (κ3) is 6.25. The molecule has 1 aromatic carbocycles. The first kappa shape index (κ1) is 21.2. The van der Waals surface area contributed by atoms with E-state index in [4.69, 9.17) is 14.2 Å². The van der Waals surface area contributed by atoms with Crippen LogP contribution in [0.1, 0.15) is 17.1 Å². The molecule has 0 aliphatic heterocycles. The van der Waals surface area contributed by atoms with Crippen molar-refractivity contribution >= 4 is 21.2 Å². The standard InChI is InChI=1S/C20H22N2O5S2/c1-25-9-3-10-26-19-12-16(14-22-18(19)13-20-21-8-11-28-20)27-15-4-6-17(7-5-15)29(2,23)24/h4-8,11-12,14H,3,9-10,13H2,1-2H3. The monoisotopic (exact) mass is 434 g/mol. The van der Waals surface area contributed by atoms with Crippen molar-refractivity contribution in [2.75, 3.05) is 26.6 Å². The zero-order chi connectivity index (χ0) is 20.7.